The van der Waals surface area contributed by atoms with Crippen LogP contribution in [0.1, 0.15) is 27.2 Å². The lowest BCUT2D eigenvalue weighted by molar-refractivity contribution is -0.122. The Bertz CT molecular complexity index is 287. The largest absolute Gasteiger partial charge is 0.379 e. The summed E-state index contributed by atoms with van der Waals surface area (Å²) in [5, 5.41) is 6.21. The minimum atomic E-state index is 0.0803. The van der Waals surface area contributed by atoms with Gasteiger partial charge in [0.2, 0.25) is 5.91 Å². The first-order chi connectivity index (χ1) is 10.1. The average Bonchev–Trinajstić information content (AvgIpc) is 2.48. The number of hydrogen-bond donors (Lipinski definition) is 2. The van der Waals surface area contributed by atoms with E-state index in [0.29, 0.717) is 19.0 Å². The topological polar surface area (TPSA) is 62.8 Å². The molecule has 1 aliphatic heterocycles. The van der Waals surface area contributed by atoms with Crippen LogP contribution in [-0.2, 0) is 14.3 Å². The molecule has 2 N–H and O–H groups in total. The number of carbonyl (C=O) groups is 1. The summed E-state index contributed by atoms with van der Waals surface area (Å²) in [6.45, 7) is 12.5. The number of rotatable bonds is 10. The van der Waals surface area contributed by atoms with Crippen molar-refractivity contribution in [3.8, 4) is 0 Å². The molecule has 0 bridgehead atoms. The zero-order valence-corrected chi connectivity index (χ0v) is 13.7. The molecule has 1 amide bonds. The molecule has 0 radical (unpaired) electrons. The third-order valence-electron chi connectivity index (χ3n) is 3.42. The van der Waals surface area contributed by atoms with Crippen LogP contribution in [0, 0.1) is 0 Å². The summed E-state index contributed by atoms with van der Waals surface area (Å²) in [4.78, 5) is 13.6. The van der Waals surface area contributed by atoms with Crippen LogP contribution in [0.25, 0.3) is 0 Å². The molecule has 0 saturated carbocycles. The summed E-state index contributed by atoms with van der Waals surface area (Å²) in [5.74, 6) is 0.0803. The van der Waals surface area contributed by atoms with E-state index in [1.165, 1.54) is 0 Å². The van der Waals surface area contributed by atoms with Crippen molar-refractivity contribution in [2.75, 3.05) is 52.5 Å². The summed E-state index contributed by atoms with van der Waals surface area (Å²) in [6.07, 6.45) is 0.617. The molecule has 1 aliphatic rings. The standard InChI is InChI=1S/C15H31N3O3/c1-4-15(19)17-11-14-12-18(7-10-21-14)6-9-20-8-5-16-13(2)3/h13-14,16H,4-12H2,1-3H3,(H,17,19). The van der Waals surface area contributed by atoms with E-state index < -0.39 is 0 Å². The maximum Gasteiger partial charge on any atom is 0.219 e. The van der Waals surface area contributed by atoms with Crippen LogP contribution in [0.5, 0.6) is 0 Å². The van der Waals surface area contributed by atoms with Crippen molar-refractivity contribution in [1.29, 1.82) is 0 Å². The summed E-state index contributed by atoms with van der Waals surface area (Å²) in [7, 11) is 0. The lowest BCUT2D eigenvalue weighted by atomic mass is 10.2. The van der Waals surface area contributed by atoms with E-state index in [0.717, 1.165) is 46.0 Å². The molecule has 6 nitrogen and oxygen atoms in total. The smallest absolute Gasteiger partial charge is 0.219 e. The molecule has 1 saturated heterocycles. The zero-order valence-electron chi connectivity index (χ0n) is 13.7. The zero-order chi connectivity index (χ0) is 15.5. The Hall–Kier alpha value is -0.690. The van der Waals surface area contributed by atoms with Gasteiger partial charge in [-0.2, -0.15) is 0 Å². The lowest BCUT2D eigenvalue weighted by Crippen LogP contribution is -2.48. The SMILES string of the molecule is CCC(=O)NCC1CN(CCOCCNC(C)C)CCO1. The Morgan fingerprint density at radius 1 is 1.43 bits per heavy atom. The van der Waals surface area contributed by atoms with Gasteiger partial charge in [0.15, 0.2) is 0 Å². The minimum absolute atomic E-state index is 0.0803. The Balaban J connectivity index is 2.05. The van der Waals surface area contributed by atoms with Crippen molar-refractivity contribution in [3.63, 3.8) is 0 Å². The Kier molecular flexibility index (Phi) is 9.58. The highest BCUT2D eigenvalue weighted by molar-refractivity contribution is 5.75. The van der Waals surface area contributed by atoms with Crippen LogP contribution in [0.2, 0.25) is 0 Å². The van der Waals surface area contributed by atoms with Gasteiger partial charge in [-0.3, -0.25) is 9.69 Å². The van der Waals surface area contributed by atoms with Gasteiger partial charge in [-0.05, 0) is 0 Å². The number of carbonyl (C=O) groups excluding carboxylic acids is 1. The Morgan fingerprint density at radius 3 is 2.95 bits per heavy atom. The van der Waals surface area contributed by atoms with Gasteiger partial charge in [-0.25, -0.2) is 0 Å². The van der Waals surface area contributed by atoms with Gasteiger partial charge in [0.25, 0.3) is 0 Å². The highest BCUT2D eigenvalue weighted by Crippen LogP contribution is 2.04. The van der Waals surface area contributed by atoms with E-state index in [1.807, 2.05) is 6.92 Å². The molecule has 21 heavy (non-hydrogen) atoms. The first-order valence-corrected chi connectivity index (χ1v) is 8.03. The summed E-state index contributed by atoms with van der Waals surface area (Å²) in [6, 6.07) is 0.506. The van der Waals surface area contributed by atoms with E-state index >= 15 is 0 Å². The predicted octanol–water partition coefficient (Wildman–Crippen LogP) is 0.228. The second kappa shape index (κ2) is 11.0. The molecule has 124 valence electrons. The van der Waals surface area contributed by atoms with Crippen LogP contribution >= 0.6 is 0 Å². The minimum Gasteiger partial charge on any atom is -0.379 e. The van der Waals surface area contributed by atoms with Gasteiger partial charge in [0.05, 0.1) is 25.9 Å². The van der Waals surface area contributed by atoms with Crippen LogP contribution in [0.4, 0.5) is 0 Å². The summed E-state index contributed by atoms with van der Waals surface area (Å²) < 4.78 is 11.3. The Labute approximate surface area is 128 Å². The fraction of sp³-hybridized carbons (Fsp3) is 0.933. The van der Waals surface area contributed by atoms with Crippen molar-refractivity contribution in [2.45, 2.75) is 39.3 Å². The lowest BCUT2D eigenvalue weighted by Gasteiger charge is -2.32. The van der Waals surface area contributed by atoms with Gasteiger partial charge in [-0.1, -0.05) is 20.8 Å². The molecule has 1 fully saturated rings. The third-order valence-corrected chi connectivity index (χ3v) is 3.42. The highest BCUT2D eigenvalue weighted by Gasteiger charge is 2.20. The van der Waals surface area contributed by atoms with Gasteiger partial charge >= 0.3 is 0 Å². The average molecular weight is 301 g/mol. The molecule has 1 heterocycles. The molecule has 0 aromatic rings. The molecule has 0 spiro atoms. The molecule has 6 heteroatoms. The van der Waals surface area contributed by atoms with Gasteiger partial charge in [0.1, 0.15) is 0 Å². The molecular weight excluding hydrogens is 270 g/mol. The fourth-order valence-electron chi connectivity index (χ4n) is 2.18. The van der Waals surface area contributed by atoms with Crippen LogP contribution in [0.15, 0.2) is 0 Å². The van der Waals surface area contributed by atoms with E-state index in [2.05, 4.69) is 29.4 Å². The number of amides is 1. The maximum absolute atomic E-state index is 11.3. The second-order valence-electron chi connectivity index (χ2n) is 5.67. The number of ether oxygens (including phenoxy) is 2. The normalized spacial score (nSPS) is 19.9. The summed E-state index contributed by atoms with van der Waals surface area (Å²) >= 11 is 0. The van der Waals surface area contributed by atoms with Crippen molar-refractivity contribution in [2.24, 2.45) is 0 Å². The van der Waals surface area contributed by atoms with Crippen LogP contribution in [-0.4, -0.2) is 75.5 Å². The van der Waals surface area contributed by atoms with Crippen molar-refractivity contribution in [3.05, 3.63) is 0 Å². The molecule has 0 aromatic heterocycles. The first-order valence-electron chi connectivity index (χ1n) is 8.03. The Morgan fingerprint density at radius 2 is 2.24 bits per heavy atom. The molecule has 1 atom stereocenters. The maximum atomic E-state index is 11.3. The van der Waals surface area contributed by atoms with E-state index in [1.54, 1.807) is 0 Å². The van der Waals surface area contributed by atoms with Gasteiger partial charge in [0, 0.05) is 45.2 Å². The third kappa shape index (κ3) is 9.03. The molecule has 0 aromatic carbocycles. The molecule has 0 aliphatic carbocycles. The first kappa shape index (κ1) is 18.4. The number of hydrogen-bond acceptors (Lipinski definition) is 5. The quantitative estimate of drug-likeness (QED) is 0.566. The number of nitrogens with zero attached hydrogens (tertiary/aromatic N) is 1. The van der Waals surface area contributed by atoms with E-state index in [9.17, 15) is 4.79 Å². The molecule has 1 rings (SSSR count). The van der Waals surface area contributed by atoms with E-state index in [-0.39, 0.29) is 12.0 Å². The second-order valence-corrected chi connectivity index (χ2v) is 5.67. The van der Waals surface area contributed by atoms with Gasteiger partial charge in [-0.15, -0.1) is 0 Å². The van der Waals surface area contributed by atoms with Crippen molar-refractivity contribution < 1.29 is 14.3 Å². The van der Waals surface area contributed by atoms with Crippen molar-refractivity contribution >= 4 is 5.91 Å². The number of morpholine rings is 1. The predicted molar refractivity (Wildman–Crippen MR) is 83.4 cm³/mol. The highest BCUT2D eigenvalue weighted by atomic mass is 16.5. The fourth-order valence-corrected chi connectivity index (χ4v) is 2.18. The van der Waals surface area contributed by atoms with Crippen molar-refractivity contribution in [1.82, 2.24) is 15.5 Å². The summed E-state index contributed by atoms with van der Waals surface area (Å²) in [5.41, 5.74) is 0. The van der Waals surface area contributed by atoms with E-state index in [4.69, 9.17) is 9.47 Å². The molecular formula is C15H31N3O3. The van der Waals surface area contributed by atoms with Crippen LogP contribution in [0.3, 0.4) is 0 Å². The van der Waals surface area contributed by atoms with Gasteiger partial charge < -0.3 is 20.1 Å². The van der Waals surface area contributed by atoms with Crippen LogP contribution < -0.4 is 10.6 Å². The number of nitrogens with one attached hydrogen (secondary N) is 2. The monoisotopic (exact) mass is 301 g/mol. The molecule has 1 unspecified atom stereocenters.